The number of amides is 2. The molecule has 0 saturated carbocycles. The van der Waals surface area contributed by atoms with Crippen LogP contribution >= 0.6 is 0 Å². The lowest BCUT2D eigenvalue weighted by molar-refractivity contribution is -0.140. The van der Waals surface area contributed by atoms with Crippen LogP contribution in [0.4, 0.5) is 4.79 Å². The van der Waals surface area contributed by atoms with Gasteiger partial charge in [-0.1, -0.05) is 24.3 Å². The topological polar surface area (TPSA) is 89.9 Å². The Morgan fingerprint density at radius 2 is 2.00 bits per heavy atom. The number of rotatable bonds is 5. The molecule has 0 heterocycles. The molecule has 104 valence electrons. The van der Waals surface area contributed by atoms with Crippen LogP contribution in [0.2, 0.25) is 0 Å². The van der Waals surface area contributed by atoms with Crippen LogP contribution in [0.1, 0.15) is 11.1 Å². The van der Waals surface area contributed by atoms with Crippen molar-refractivity contribution in [2.45, 2.75) is 19.5 Å². The maximum Gasteiger partial charge on any atom is 0.328 e. The average Bonchev–Trinajstić information content (AvgIpc) is 2.37. The number of benzene rings is 1. The summed E-state index contributed by atoms with van der Waals surface area (Å²) >= 11 is 0. The van der Waals surface area contributed by atoms with Gasteiger partial charge in [0.05, 0.1) is 6.61 Å². The molecule has 0 aliphatic heterocycles. The summed E-state index contributed by atoms with van der Waals surface area (Å²) in [4.78, 5) is 23.8. The molecule has 1 rings (SSSR count). The second-order valence-corrected chi connectivity index (χ2v) is 4.31. The van der Waals surface area contributed by atoms with Crippen molar-refractivity contribution in [3.63, 3.8) is 0 Å². The van der Waals surface area contributed by atoms with E-state index in [2.05, 4.69) is 5.32 Å². The average molecular weight is 266 g/mol. The fraction of sp³-hybridized carbons (Fsp3) is 0.385. The summed E-state index contributed by atoms with van der Waals surface area (Å²) < 4.78 is 0. The molecular weight excluding hydrogens is 248 g/mol. The molecular formula is C13H18N2O4. The van der Waals surface area contributed by atoms with E-state index in [0.29, 0.717) is 6.54 Å². The molecule has 0 aromatic heterocycles. The lowest BCUT2D eigenvalue weighted by Gasteiger charge is -2.21. The van der Waals surface area contributed by atoms with E-state index in [9.17, 15) is 9.59 Å². The van der Waals surface area contributed by atoms with Crippen molar-refractivity contribution < 1.29 is 19.8 Å². The molecule has 0 bridgehead atoms. The number of aliphatic hydroxyl groups is 1. The third-order valence-corrected chi connectivity index (χ3v) is 2.79. The Morgan fingerprint density at radius 1 is 1.37 bits per heavy atom. The van der Waals surface area contributed by atoms with E-state index in [4.69, 9.17) is 10.2 Å². The van der Waals surface area contributed by atoms with Crippen molar-refractivity contribution >= 4 is 12.0 Å². The van der Waals surface area contributed by atoms with Crippen molar-refractivity contribution in [2.24, 2.45) is 0 Å². The van der Waals surface area contributed by atoms with Gasteiger partial charge >= 0.3 is 12.0 Å². The number of nitrogens with zero attached hydrogens (tertiary/aromatic N) is 1. The lowest BCUT2D eigenvalue weighted by atomic mass is 10.1. The fourth-order valence-electron chi connectivity index (χ4n) is 1.56. The van der Waals surface area contributed by atoms with Gasteiger partial charge in [0.1, 0.15) is 0 Å². The molecule has 0 radical (unpaired) electrons. The van der Waals surface area contributed by atoms with Crippen LogP contribution in [-0.4, -0.2) is 46.8 Å². The summed E-state index contributed by atoms with van der Waals surface area (Å²) in [6, 6.07) is 5.80. The molecule has 0 saturated heterocycles. The molecule has 0 unspecified atom stereocenters. The number of hydrogen-bond acceptors (Lipinski definition) is 3. The first-order valence-corrected chi connectivity index (χ1v) is 5.85. The molecule has 3 N–H and O–H groups in total. The predicted octanol–water partition coefficient (Wildman–Crippen LogP) is 0.582. The maximum atomic E-state index is 11.8. The Hall–Kier alpha value is -2.08. The first-order valence-electron chi connectivity index (χ1n) is 5.85. The standard InChI is InChI=1S/C13H18N2O4/c1-9-5-3-4-6-10(9)7-15(2)13(19)14-11(8-16)12(17)18/h3-6,11,16H,7-8H2,1-2H3,(H,14,19)(H,17,18)/t11-/m0/s1. The van der Waals surface area contributed by atoms with E-state index in [0.717, 1.165) is 11.1 Å². The van der Waals surface area contributed by atoms with Crippen molar-refractivity contribution in [2.75, 3.05) is 13.7 Å². The molecule has 6 nitrogen and oxygen atoms in total. The van der Waals surface area contributed by atoms with Gasteiger partial charge in [0, 0.05) is 13.6 Å². The zero-order chi connectivity index (χ0) is 14.4. The molecule has 19 heavy (non-hydrogen) atoms. The van der Waals surface area contributed by atoms with Gasteiger partial charge < -0.3 is 20.4 Å². The van der Waals surface area contributed by atoms with Crippen molar-refractivity contribution in [3.8, 4) is 0 Å². The fourth-order valence-corrected chi connectivity index (χ4v) is 1.56. The number of hydrogen-bond donors (Lipinski definition) is 3. The van der Waals surface area contributed by atoms with Crippen LogP contribution in [0.25, 0.3) is 0 Å². The molecule has 0 aliphatic rings. The highest BCUT2D eigenvalue weighted by molar-refractivity contribution is 5.82. The Bertz CT molecular complexity index is 462. The van der Waals surface area contributed by atoms with Gasteiger partial charge in [-0.2, -0.15) is 0 Å². The second-order valence-electron chi connectivity index (χ2n) is 4.31. The minimum atomic E-state index is -1.29. The van der Waals surface area contributed by atoms with Crippen molar-refractivity contribution in [1.82, 2.24) is 10.2 Å². The van der Waals surface area contributed by atoms with E-state index in [1.807, 2.05) is 31.2 Å². The van der Waals surface area contributed by atoms with Gasteiger partial charge in [0.25, 0.3) is 0 Å². The van der Waals surface area contributed by atoms with Crippen LogP contribution in [0.5, 0.6) is 0 Å². The highest BCUT2D eigenvalue weighted by Gasteiger charge is 2.20. The molecule has 1 aromatic rings. The predicted molar refractivity (Wildman–Crippen MR) is 69.7 cm³/mol. The normalized spacial score (nSPS) is 11.7. The summed E-state index contributed by atoms with van der Waals surface area (Å²) in [5, 5.41) is 19.8. The number of carboxylic acids is 1. The third kappa shape index (κ3) is 4.26. The molecule has 0 aliphatic carbocycles. The van der Waals surface area contributed by atoms with Crippen LogP contribution in [0, 0.1) is 6.92 Å². The van der Waals surface area contributed by atoms with Crippen LogP contribution in [0.15, 0.2) is 24.3 Å². The summed E-state index contributed by atoms with van der Waals surface area (Å²) in [5.74, 6) is -1.26. The highest BCUT2D eigenvalue weighted by Crippen LogP contribution is 2.09. The largest absolute Gasteiger partial charge is 0.480 e. The minimum absolute atomic E-state index is 0.371. The number of carbonyl (C=O) groups excluding carboxylic acids is 1. The van der Waals surface area contributed by atoms with Crippen LogP contribution in [-0.2, 0) is 11.3 Å². The Morgan fingerprint density at radius 3 is 2.53 bits per heavy atom. The third-order valence-electron chi connectivity index (χ3n) is 2.79. The van der Waals surface area contributed by atoms with E-state index in [1.54, 1.807) is 7.05 Å². The Kier molecular flexibility index (Phi) is 5.32. The van der Waals surface area contributed by atoms with Gasteiger partial charge in [-0.25, -0.2) is 9.59 Å². The molecule has 2 amide bonds. The van der Waals surface area contributed by atoms with Gasteiger partial charge in [-0.15, -0.1) is 0 Å². The summed E-state index contributed by atoms with van der Waals surface area (Å²) in [5.41, 5.74) is 2.04. The zero-order valence-electron chi connectivity index (χ0n) is 11.0. The van der Waals surface area contributed by atoms with Gasteiger partial charge in [0.15, 0.2) is 6.04 Å². The monoisotopic (exact) mass is 266 g/mol. The number of aryl methyl sites for hydroxylation is 1. The first-order chi connectivity index (χ1) is 8.95. The summed E-state index contributed by atoms with van der Waals surface area (Å²) in [6.45, 7) is 1.67. The smallest absolute Gasteiger partial charge is 0.328 e. The maximum absolute atomic E-state index is 11.8. The molecule has 1 atom stereocenters. The Labute approximate surface area is 111 Å². The molecule has 0 spiro atoms. The minimum Gasteiger partial charge on any atom is -0.480 e. The zero-order valence-corrected chi connectivity index (χ0v) is 11.0. The van der Waals surface area contributed by atoms with Crippen molar-refractivity contribution in [3.05, 3.63) is 35.4 Å². The number of aliphatic hydroxyl groups excluding tert-OH is 1. The molecule has 0 fully saturated rings. The summed E-state index contributed by atoms with van der Waals surface area (Å²) in [6.07, 6.45) is 0. The SMILES string of the molecule is Cc1ccccc1CN(C)C(=O)N[C@@H](CO)C(=O)O. The van der Waals surface area contributed by atoms with Gasteiger partial charge in [0.2, 0.25) is 0 Å². The molecule has 1 aromatic carbocycles. The highest BCUT2D eigenvalue weighted by atomic mass is 16.4. The van der Waals surface area contributed by atoms with E-state index in [1.165, 1.54) is 4.90 Å². The van der Waals surface area contributed by atoms with E-state index >= 15 is 0 Å². The number of carbonyl (C=O) groups is 2. The van der Waals surface area contributed by atoms with E-state index in [-0.39, 0.29) is 0 Å². The van der Waals surface area contributed by atoms with Gasteiger partial charge in [-0.05, 0) is 18.1 Å². The number of urea groups is 1. The number of aliphatic carboxylic acids is 1. The number of carboxylic acid groups (broad SMARTS) is 1. The second kappa shape index (κ2) is 6.75. The van der Waals surface area contributed by atoms with E-state index < -0.39 is 24.6 Å². The van der Waals surface area contributed by atoms with Gasteiger partial charge in [-0.3, -0.25) is 0 Å². The van der Waals surface area contributed by atoms with Crippen LogP contribution in [0.3, 0.4) is 0 Å². The first kappa shape index (κ1) is 15.0. The van der Waals surface area contributed by atoms with Crippen molar-refractivity contribution in [1.29, 1.82) is 0 Å². The quantitative estimate of drug-likeness (QED) is 0.727. The Balaban J connectivity index is 2.63. The lowest BCUT2D eigenvalue weighted by Crippen LogP contribution is -2.48. The van der Waals surface area contributed by atoms with Crippen LogP contribution < -0.4 is 5.32 Å². The summed E-state index contributed by atoms with van der Waals surface area (Å²) in [7, 11) is 1.57. The number of nitrogens with one attached hydrogen (secondary N) is 1. The molecule has 6 heteroatoms.